The summed E-state index contributed by atoms with van der Waals surface area (Å²) in [6, 6.07) is 36.9. The minimum atomic E-state index is -2.11. The molecule has 7 rings (SSSR count). The Balaban J connectivity index is 1.41. The van der Waals surface area contributed by atoms with Crippen LogP contribution in [0, 0.1) is 0 Å². The molecular weight excluding hydrogens is 649 g/mol. The first-order valence-electron chi connectivity index (χ1n) is 18.6. The molecule has 4 aromatic carbocycles. The van der Waals surface area contributed by atoms with Crippen molar-refractivity contribution in [3.8, 4) is 5.75 Å². The molecule has 51 heavy (non-hydrogen) atoms. The summed E-state index contributed by atoms with van der Waals surface area (Å²) >= 11 is 0. The molecular formula is C44H52N2O4Si. The number of fused-ring (bicyclic) bond motifs is 5. The molecule has 6 nitrogen and oxygen atoms in total. The molecule has 0 amide bonds. The lowest BCUT2D eigenvalue weighted by atomic mass is 9.76. The molecule has 1 unspecified atom stereocenters. The van der Waals surface area contributed by atoms with Crippen molar-refractivity contribution in [1.82, 2.24) is 9.47 Å². The quantitative estimate of drug-likeness (QED) is 0.0530. The molecule has 0 radical (unpaired) electrons. The first kappa shape index (κ1) is 35.2. The van der Waals surface area contributed by atoms with Crippen LogP contribution >= 0.6 is 0 Å². The minimum absolute atomic E-state index is 0.00953. The summed E-state index contributed by atoms with van der Waals surface area (Å²) in [5.41, 5.74) is 8.15. The largest absolute Gasteiger partial charge is 0.496 e. The van der Waals surface area contributed by atoms with Gasteiger partial charge in [0, 0.05) is 6.54 Å². The molecule has 1 aromatic heterocycles. The Bertz CT molecular complexity index is 1890. The van der Waals surface area contributed by atoms with E-state index in [1.165, 1.54) is 16.7 Å². The number of carbonyl (C=O) groups is 1. The fraction of sp³-hybridized carbons (Fsp3) is 0.386. The second kappa shape index (κ2) is 13.8. The van der Waals surface area contributed by atoms with Crippen LogP contribution in [-0.4, -0.2) is 43.5 Å². The molecule has 1 fully saturated rings. The summed E-state index contributed by atoms with van der Waals surface area (Å²) in [6.07, 6.45) is 0. The molecule has 0 N–H and O–H groups in total. The van der Waals surface area contributed by atoms with E-state index < -0.39 is 13.9 Å². The fourth-order valence-corrected chi connectivity index (χ4v) is 15.2. The average molecular weight is 701 g/mol. The third-order valence-electron chi connectivity index (χ3n) is 11.7. The second-order valence-electron chi connectivity index (χ2n) is 15.1. The van der Waals surface area contributed by atoms with Crippen molar-refractivity contribution in [2.24, 2.45) is 0 Å². The summed E-state index contributed by atoms with van der Waals surface area (Å²) in [5.74, 6) is 0.382. The summed E-state index contributed by atoms with van der Waals surface area (Å²) < 4.78 is 21.4. The van der Waals surface area contributed by atoms with Crippen molar-refractivity contribution in [3.05, 3.63) is 137 Å². The summed E-state index contributed by atoms with van der Waals surface area (Å²) in [7, 11) is -0.410. The van der Waals surface area contributed by atoms with Gasteiger partial charge < -0.3 is 18.5 Å². The Kier molecular flexibility index (Phi) is 9.50. The van der Waals surface area contributed by atoms with E-state index in [0.717, 1.165) is 28.7 Å². The molecule has 3 heterocycles. The van der Waals surface area contributed by atoms with E-state index in [-0.39, 0.29) is 18.1 Å². The maximum absolute atomic E-state index is 14.1. The molecule has 2 aliphatic heterocycles. The highest BCUT2D eigenvalue weighted by Gasteiger charge is 2.65. The van der Waals surface area contributed by atoms with Gasteiger partial charge in [-0.1, -0.05) is 133 Å². The van der Waals surface area contributed by atoms with Gasteiger partial charge in [0.05, 0.1) is 60.1 Å². The van der Waals surface area contributed by atoms with E-state index in [0.29, 0.717) is 41.2 Å². The first-order valence-corrected chi connectivity index (χ1v) is 20.8. The normalized spacial score (nSPS) is 18.4. The van der Waals surface area contributed by atoms with Crippen LogP contribution < -0.4 is 4.74 Å². The zero-order valence-corrected chi connectivity index (χ0v) is 32.4. The predicted octanol–water partition coefficient (Wildman–Crippen LogP) is 10.2. The van der Waals surface area contributed by atoms with E-state index in [4.69, 9.17) is 13.9 Å². The van der Waals surface area contributed by atoms with Gasteiger partial charge in [-0.15, -0.1) is 0 Å². The van der Waals surface area contributed by atoms with Crippen LogP contribution in [0.15, 0.2) is 103 Å². The predicted molar refractivity (Wildman–Crippen MR) is 208 cm³/mol. The smallest absolute Gasteiger partial charge is 0.340 e. The Morgan fingerprint density at radius 2 is 1.31 bits per heavy atom. The minimum Gasteiger partial charge on any atom is -0.496 e. The maximum Gasteiger partial charge on any atom is 0.340 e. The lowest BCUT2D eigenvalue weighted by Crippen LogP contribution is -2.47. The van der Waals surface area contributed by atoms with Gasteiger partial charge in [-0.05, 0) is 57.9 Å². The van der Waals surface area contributed by atoms with Crippen molar-refractivity contribution >= 4 is 25.2 Å². The molecule has 266 valence electrons. The highest BCUT2D eigenvalue weighted by molar-refractivity contribution is 6.77. The van der Waals surface area contributed by atoms with Gasteiger partial charge in [0.25, 0.3) is 0 Å². The van der Waals surface area contributed by atoms with Crippen molar-refractivity contribution in [3.63, 3.8) is 0 Å². The van der Waals surface area contributed by atoms with E-state index in [9.17, 15) is 4.79 Å². The molecule has 3 atom stereocenters. The maximum atomic E-state index is 14.1. The van der Waals surface area contributed by atoms with Gasteiger partial charge in [0.2, 0.25) is 8.32 Å². The third-order valence-corrected chi connectivity index (χ3v) is 17.7. The van der Waals surface area contributed by atoms with Crippen LogP contribution in [-0.2, 0) is 27.9 Å². The van der Waals surface area contributed by atoms with E-state index in [1.54, 1.807) is 7.11 Å². The Labute approximate surface area is 304 Å². The number of aromatic nitrogens is 1. The fourth-order valence-electron chi connectivity index (χ4n) is 9.79. The van der Waals surface area contributed by atoms with Crippen molar-refractivity contribution in [2.45, 2.75) is 95.9 Å². The van der Waals surface area contributed by atoms with Crippen LogP contribution in [0.3, 0.4) is 0 Å². The molecule has 0 aliphatic carbocycles. The Morgan fingerprint density at radius 1 is 0.804 bits per heavy atom. The molecule has 1 saturated heterocycles. The summed E-state index contributed by atoms with van der Waals surface area (Å²) in [6.45, 7) is 17.3. The molecule has 0 spiro atoms. The zero-order valence-electron chi connectivity index (χ0n) is 31.4. The number of ether oxygens (including phenoxy) is 2. The second-order valence-corrected chi connectivity index (χ2v) is 20.6. The molecule has 7 heteroatoms. The van der Waals surface area contributed by atoms with Crippen LogP contribution in [0.25, 0.3) is 10.9 Å². The number of esters is 1. The standard InChI is InChI=1S/C44H52N2O4Si/c1-9-49-43(47)40-39-36(25-32(26-38(39)48-8)28-50-51(29(2)3,30(4)5)31(6)7)45-27-37-41(42(40)45)46(37)44(33-19-13-10-14-20-33,34-21-15-11-16-22-34)35-23-17-12-18-24-35/h10-26,29-31,37,41H,9,27-28H2,1-8H3/t37-,41-,46?/m0/s1. The number of rotatable bonds is 13. The SMILES string of the molecule is CCOC(=O)c1c2n(c3cc(CO[Si](C(C)C)(C(C)C)C(C)C)cc(OC)c13)C[C@H]1[C@@H]2N1C(c1ccccc1)(c1ccccc1)c1ccccc1. The number of benzene rings is 4. The molecule has 0 saturated carbocycles. The summed E-state index contributed by atoms with van der Waals surface area (Å²) in [4.78, 5) is 16.7. The number of nitrogens with zero attached hydrogens (tertiary/aromatic N) is 2. The van der Waals surface area contributed by atoms with Gasteiger partial charge in [0.15, 0.2) is 0 Å². The van der Waals surface area contributed by atoms with Gasteiger partial charge in [-0.2, -0.15) is 0 Å². The highest BCUT2D eigenvalue weighted by Crippen LogP contribution is 2.63. The average Bonchev–Trinajstić information content (AvgIpc) is 3.53. The van der Waals surface area contributed by atoms with Crippen LogP contribution in [0.4, 0.5) is 0 Å². The van der Waals surface area contributed by atoms with Crippen molar-refractivity contribution in [1.29, 1.82) is 0 Å². The van der Waals surface area contributed by atoms with E-state index in [2.05, 4.69) is 154 Å². The number of methoxy groups -OCH3 is 1. The topological polar surface area (TPSA) is 52.7 Å². The van der Waals surface area contributed by atoms with E-state index in [1.807, 2.05) is 6.92 Å². The highest BCUT2D eigenvalue weighted by atomic mass is 28.4. The van der Waals surface area contributed by atoms with E-state index >= 15 is 0 Å². The first-order chi connectivity index (χ1) is 24.6. The summed E-state index contributed by atoms with van der Waals surface area (Å²) in [5, 5.41) is 0.824. The lowest BCUT2D eigenvalue weighted by molar-refractivity contribution is 0.0526. The van der Waals surface area contributed by atoms with Crippen LogP contribution in [0.1, 0.15) is 92.8 Å². The Morgan fingerprint density at radius 3 is 1.76 bits per heavy atom. The van der Waals surface area contributed by atoms with Gasteiger partial charge in [-0.3, -0.25) is 4.90 Å². The van der Waals surface area contributed by atoms with Crippen molar-refractivity contribution in [2.75, 3.05) is 13.7 Å². The van der Waals surface area contributed by atoms with Crippen LogP contribution in [0.5, 0.6) is 5.75 Å². The zero-order chi connectivity index (χ0) is 36.1. The molecule has 2 aliphatic rings. The van der Waals surface area contributed by atoms with Gasteiger partial charge in [0.1, 0.15) is 5.75 Å². The van der Waals surface area contributed by atoms with Gasteiger partial charge >= 0.3 is 5.97 Å². The molecule has 5 aromatic rings. The van der Waals surface area contributed by atoms with Crippen LogP contribution in [0.2, 0.25) is 16.6 Å². The van der Waals surface area contributed by atoms with Crippen molar-refractivity contribution < 1.29 is 18.7 Å². The molecule has 0 bridgehead atoms. The third kappa shape index (κ3) is 5.47. The number of carbonyl (C=O) groups excluding carboxylic acids is 1. The monoisotopic (exact) mass is 700 g/mol. The Hall–Kier alpha value is -4.17. The lowest BCUT2D eigenvalue weighted by Gasteiger charge is -2.42. The van der Waals surface area contributed by atoms with Gasteiger partial charge in [-0.25, -0.2) is 4.79 Å². The number of hydrogen-bond acceptors (Lipinski definition) is 5. The number of hydrogen-bond donors (Lipinski definition) is 0.